The van der Waals surface area contributed by atoms with Crippen molar-refractivity contribution in [1.29, 1.82) is 0 Å². The molecule has 2 rings (SSSR count). The number of nitrogens with zero attached hydrogens (tertiary/aromatic N) is 1. The van der Waals surface area contributed by atoms with E-state index in [2.05, 4.69) is 4.98 Å². The van der Waals surface area contributed by atoms with Crippen LogP contribution in [0.1, 0.15) is 21.0 Å². The number of carbonyl (C=O) groups is 1. The van der Waals surface area contributed by atoms with E-state index in [0.29, 0.717) is 15.4 Å². The number of aromatic nitrogens is 1. The zero-order valence-electron chi connectivity index (χ0n) is 10.1. The molecule has 0 fully saturated rings. The van der Waals surface area contributed by atoms with E-state index in [1.165, 1.54) is 23.6 Å². The second-order valence-electron chi connectivity index (χ2n) is 4.17. The lowest BCUT2D eigenvalue weighted by Crippen LogP contribution is -2.05. The summed E-state index contributed by atoms with van der Waals surface area (Å²) in [6, 6.07) is 5.04. The van der Waals surface area contributed by atoms with Gasteiger partial charge in [-0.25, -0.2) is 4.98 Å². The number of carboxylic acids is 1. The Bertz CT molecular complexity index is 622. The van der Waals surface area contributed by atoms with Crippen molar-refractivity contribution in [3.63, 3.8) is 0 Å². The molecule has 0 unspecified atom stereocenters. The van der Waals surface area contributed by atoms with Crippen LogP contribution in [0.5, 0.6) is 0 Å². The van der Waals surface area contributed by atoms with Gasteiger partial charge in [0, 0.05) is 17.5 Å². The normalized spacial score (nSPS) is 11.6. The Labute approximate surface area is 116 Å². The molecular weight excluding hydrogens is 291 g/mol. The maximum atomic E-state index is 12.6. The van der Waals surface area contributed by atoms with Gasteiger partial charge in [0.25, 0.3) is 0 Å². The predicted octanol–water partition coefficient (Wildman–Crippen LogP) is 3.38. The van der Waals surface area contributed by atoms with Crippen LogP contribution in [0, 0.1) is 0 Å². The van der Waals surface area contributed by atoms with Crippen molar-refractivity contribution >= 4 is 17.3 Å². The first-order chi connectivity index (χ1) is 9.34. The molecule has 3 nitrogen and oxygen atoms in total. The van der Waals surface area contributed by atoms with E-state index in [4.69, 9.17) is 5.11 Å². The lowest BCUT2D eigenvalue weighted by atomic mass is 10.1. The van der Waals surface area contributed by atoms with Crippen LogP contribution in [0.4, 0.5) is 13.2 Å². The Kier molecular flexibility index (Phi) is 4.08. The number of aliphatic carboxylic acids is 1. The fourth-order valence-electron chi connectivity index (χ4n) is 1.69. The molecule has 0 aliphatic heterocycles. The van der Waals surface area contributed by atoms with E-state index in [1.54, 1.807) is 6.07 Å². The molecule has 0 aliphatic rings. The minimum atomic E-state index is -4.37. The summed E-state index contributed by atoms with van der Waals surface area (Å²) in [6.07, 6.45) is -2.79. The van der Waals surface area contributed by atoms with Crippen LogP contribution in [0.15, 0.2) is 30.5 Å². The van der Waals surface area contributed by atoms with Crippen molar-refractivity contribution in [2.75, 3.05) is 0 Å². The van der Waals surface area contributed by atoms with E-state index < -0.39 is 17.7 Å². The molecule has 0 aliphatic carbocycles. The highest BCUT2D eigenvalue weighted by Gasteiger charge is 2.30. The summed E-state index contributed by atoms with van der Waals surface area (Å²) in [4.78, 5) is 15.2. The Balaban J connectivity index is 2.14. The lowest BCUT2D eigenvalue weighted by Gasteiger charge is -2.07. The molecule has 7 heteroatoms. The summed E-state index contributed by atoms with van der Waals surface area (Å²) in [6.45, 7) is 0. The summed E-state index contributed by atoms with van der Waals surface area (Å²) in [5.74, 6) is -0.959. The van der Waals surface area contributed by atoms with Gasteiger partial charge in [-0.05, 0) is 11.6 Å². The fourth-order valence-corrected chi connectivity index (χ4v) is 2.64. The summed E-state index contributed by atoms with van der Waals surface area (Å²) < 4.78 is 37.7. The molecule has 106 valence electrons. The minimum absolute atomic E-state index is 0.125. The highest BCUT2D eigenvalue weighted by Crippen LogP contribution is 2.30. The molecule has 20 heavy (non-hydrogen) atoms. The van der Waals surface area contributed by atoms with Gasteiger partial charge < -0.3 is 5.11 Å². The average Bonchev–Trinajstić information content (AvgIpc) is 2.75. The molecule has 1 aromatic carbocycles. The Morgan fingerprint density at radius 1 is 1.35 bits per heavy atom. The fraction of sp³-hybridized carbons (Fsp3) is 0.231. The van der Waals surface area contributed by atoms with Crippen LogP contribution in [0.3, 0.4) is 0 Å². The smallest absolute Gasteiger partial charge is 0.416 e. The summed E-state index contributed by atoms with van der Waals surface area (Å²) in [5, 5.41) is 9.24. The van der Waals surface area contributed by atoms with Crippen molar-refractivity contribution in [3.05, 3.63) is 51.5 Å². The minimum Gasteiger partial charge on any atom is -0.481 e. The molecule has 0 bridgehead atoms. The summed E-state index contributed by atoms with van der Waals surface area (Å²) >= 11 is 1.20. The number of rotatable bonds is 4. The molecule has 2 aromatic rings. The first kappa shape index (κ1) is 14.5. The van der Waals surface area contributed by atoms with E-state index >= 15 is 0 Å². The van der Waals surface area contributed by atoms with Gasteiger partial charge in [0.05, 0.1) is 17.0 Å². The third-order valence-corrected chi connectivity index (χ3v) is 3.53. The molecular formula is C13H10F3NO2S. The molecule has 0 atom stereocenters. The van der Waals surface area contributed by atoms with Crippen molar-refractivity contribution in [2.45, 2.75) is 19.0 Å². The zero-order chi connectivity index (χ0) is 14.8. The number of hydrogen-bond donors (Lipinski definition) is 1. The number of thiazole rings is 1. The quantitative estimate of drug-likeness (QED) is 0.942. The molecule has 1 aromatic heterocycles. The number of halogens is 3. The molecule has 0 radical (unpaired) electrons. The molecule has 0 spiro atoms. The van der Waals surface area contributed by atoms with Crippen LogP contribution in [-0.2, 0) is 23.8 Å². The van der Waals surface area contributed by atoms with Crippen LogP contribution >= 0.6 is 11.3 Å². The highest BCUT2D eigenvalue weighted by molar-refractivity contribution is 7.11. The first-order valence-corrected chi connectivity index (χ1v) is 6.48. The second-order valence-corrected chi connectivity index (χ2v) is 5.37. The Morgan fingerprint density at radius 3 is 2.75 bits per heavy atom. The molecule has 0 saturated heterocycles. The lowest BCUT2D eigenvalue weighted by molar-refractivity contribution is -0.138. The van der Waals surface area contributed by atoms with Gasteiger partial charge in [-0.1, -0.05) is 18.2 Å². The van der Waals surface area contributed by atoms with Gasteiger partial charge in [0.1, 0.15) is 0 Å². The number of alkyl halides is 3. The SMILES string of the molecule is O=C(O)Cc1cnc(Cc2cccc(C(F)(F)F)c2)s1. The maximum Gasteiger partial charge on any atom is 0.416 e. The summed E-state index contributed by atoms with van der Waals surface area (Å²) in [5.41, 5.74) is -0.201. The molecule has 1 N–H and O–H groups in total. The number of hydrogen-bond acceptors (Lipinski definition) is 3. The Morgan fingerprint density at radius 2 is 2.10 bits per heavy atom. The van der Waals surface area contributed by atoms with Crippen LogP contribution < -0.4 is 0 Å². The second kappa shape index (κ2) is 5.62. The topological polar surface area (TPSA) is 50.2 Å². The largest absolute Gasteiger partial charge is 0.481 e. The average molecular weight is 301 g/mol. The van der Waals surface area contributed by atoms with E-state index in [1.807, 2.05) is 0 Å². The third kappa shape index (κ3) is 3.80. The Hall–Kier alpha value is -1.89. The third-order valence-electron chi connectivity index (χ3n) is 2.54. The maximum absolute atomic E-state index is 12.6. The first-order valence-electron chi connectivity index (χ1n) is 5.66. The molecule has 0 amide bonds. The van der Waals surface area contributed by atoms with Crippen LogP contribution in [-0.4, -0.2) is 16.1 Å². The van der Waals surface area contributed by atoms with E-state index in [9.17, 15) is 18.0 Å². The van der Waals surface area contributed by atoms with Gasteiger partial charge in [0.2, 0.25) is 0 Å². The van der Waals surface area contributed by atoms with Crippen molar-refractivity contribution in [1.82, 2.24) is 4.98 Å². The molecule has 1 heterocycles. The van der Waals surface area contributed by atoms with Gasteiger partial charge in [0.15, 0.2) is 0 Å². The number of benzene rings is 1. The van der Waals surface area contributed by atoms with Crippen LogP contribution in [0.25, 0.3) is 0 Å². The number of carboxylic acid groups (broad SMARTS) is 1. The van der Waals surface area contributed by atoms with E-state index in [0.717, 1.165) is 12.1 Å². The van der Waals surface area contributed by atoms with Gasteiger partial charge in [-0.3, -0.25) is 4.79 Å². The van der Waals surface area contributed by atoms with Crippen molar-refractivity contribution < 1.29 is 23.1 Å². The monoisotopic (exact) mass is 301 g/mol. The van der Waals surface area contributed by atoms with Gasteiger partial charge >= 0.3 is 12.1 Å². The van der Waals surface area contributed by atoms with E-state index in [-0.39, 0.29) is 12.8 Å². The molecule has 0 saturated carbocycles. The summed E-state index contributed by atoms with van der Waals surface area (Å²) in [7, 11) is 0. The van der Waals surface area contributed by atoms with Crippen molar-refractivity contribution in [3.8, 4) is 0 Å². The van der Waals surface area contributed by atoms with Crippen LogP contribution in [0.2, 0.25) is 0 Å². The predicted molar refractivity (Wildman–Crippen MR) is 67.7 cm³/mol. The van der Waals surface area contributed by atoms with Gasteiger partial charge in [-0.15, -0.1) is 11.3 Å². The van der Waals surface area contributed by atoms with Gasteiger partial charge in [-0.2, -0.15) is 13.2 Å². The highest BCUT2D eigenvalue weighted by atomic mass is 32.1. The van der Waals surface area contributed by atoms with Crippen molar-refractivity contribution in [2.24, 2.45) is 0 Å². The standard InChI is InChI=1S/C13H10F3NO2S/c14-13(15,16)9-3-1-2-8(4-9)5-11-17-7-10(20-11)6-12(18)19/h1-4,7H,5-6H2,(H,18,19). The zero-order valence-corrected chi connectivity index (χ0v) is 11.0.